The number of amides is 1. The van der Waals surface area contributed by atoms with Gasteiger partial charge in [0.15, 0.2) is 0 Å². The van der Waals surface area contributed by atoms with E-state index in [1.165, 1.54) is 30.5 Å². The summed E-state index contributed by atoms with van der Waals surface area (Å²) in [6.45, 7) is 0.989. The van der Waals surface area contributed by atoms with E-state index >= 15 is 0 Å². The number of benzene rings is 1. The molecule has 3 heterocycles. The second-order valence-corrected chi connectivity index (χ2v) is 8.35. The zero-order valence-electron chi connectivity index (χ0n) is 17.2. The average Bonchev–Trinajstić information content (AvgIpc) is 3.55. The molecule has 0 radical (unpaired) electrons. The molecule has 1 aromatic carbocycles. The van der Waals surface area contributed by atoms with E-state index in [-0.39, 0.29) is 24.1 Å². The number of hydrogen-bond acceptors (Lipinski definition) is 4. The zero-order valence-corrected chi connectivity index (χ0v) is 17.2. The van der Waals surface area contributed by atoms with Crippen LogP contribution in [-0.4, -0.2) is 39.0 Å². The molecule has 1 aliphatic heterocycles. The lowest BCUT2D eigenvalue weighted by atomic mass is 9.94. The largest absolute Gasteiger partial charge is 0.390 e. The first-order valence-corrected chi connectivity index (χ1v) is 10.7. The van der Waals surface area contributed by atoms with Gasteiger partial charge in [-0.25, -0.2) is 9.37 Å². The normalized spacial score (nSPS) is 18.4. The van der Waals surface area contributed by atoms with E-state index in [1.54, 1.807) is 4.90 Å². The van der Waals surface area contributed by atoms with Crippen molar-refractivity contribution in [3.05, 3.63) is 83.1 Å². The first kappa shape index (κ1) is 19.8. The molecule has 1 atom stereocenters. The lowest BCUT2D eigenvalue weighted by Crippen LogP contribution is -2.29. The Labute approximate surface area is 180 Å². The number of halogens is 1. The number of carbonyl (C=O) groups is 1. The van der Waals surface area contributed by atoms with Crippen molar-refractivity contribution >= 4 is 5.91 Å². The standard InChI is InChI=1S/C25H24FN3O2/c26-18-7-9-23(27-13-18)25(31)29-12-11-17(14-29)20-8-10-22(28-24(20)15-30)21-4-2-1-3-19(21)16-5-6-16/h1-4,7-10,13,16-17,30H,5-6,11-12,14-15H2. The van der Waals surface area contributed by atoms with Crippen LogP contribution in [-0.2, 0) is 6.61 Å². The molecule has 0 spiro atoms. The van der Waals surface area contributed by atoms with Crippen LogP contribution in [0.1, 0.15) is 58.4 Å². The van der Waals surface area contributed by atoms with Crippen LogP contribution in [0.3, 0.4) is 0 Å². The quantitative estimate of drug-likeness (QED) is 0.673. The third-order valence-corrected chi connectivity index (χ3v) is 6.27. The second-order valence-electron chi connectivity index (χ2n) is 8.35. The van der Waals surface area contributed by atoms with E-state index in [4.69, 9.17) is 4.98 Å². The molecular weight excluding hydrogens is 393 g/mol. The third-order valence-electron chi connectivity index (χ3n) is 6.27. The molecule has 2 fully saturated rings. The number of likely N-dealkylation sites (tertiary alicyclic amines) is 1. The van der Waals surface area contributed by atoms with Gasteiger partial charge in [-0.2, -0.15) is 0 Å². The van der Waals surface area contributed by atoms with Crippen LogP contribution < -0.4 is 0 Å². The minimum atomic E-state index is -0.460. The van der Waals surface area contributed by atoms with Crippen LogP contribution in [0.15, 0.2) is 54.7 Å². The molecular formula is C25H24FN3O2. The van der Waals surface area contributed by atoms with Gasteiger partial charge in [0, 0.05) is 24.6 Å². The maximum atomic E-state index is 13.1. The Bertz CT molecular complexity index is 1110. The predicted octanol–water partition coefficient (Wildman–Crippen LogP) is 4.28. The SMILES string of the molecule is O=C(c1ccc(F)cn1)N1CCC(c2ccc(-c3ccccc3C3CC3)nc2CO)C1. The highest BCUT2D eigenvalue weighted by Crippen LogP contribution is 2.44. The molecule has 0 bridgehead atoms. The summed E-state index contributed by atoms with van der Waals surface area (Å²) in [7, 11) is 0. The number of pyridine rings is 2. The highest BCUT2D eigenvalue weighted by Gasteiger charge is 2.31. The number of rotatable bonds is 5. The maximum absolute atomic E-state index is 13.1. The van der Waals surface area contributed by atoms with Crippen molar-refractivity contribution in [1.29, 1.82) is 0 Å². The van der Waals surface area contributed by atoms with Crippen molar-refractivity contribution < 1.29 is 14.3 Å². The van der Waals surface area contributed by atoms with E-state index in [9.17, 15) is 14.3 Å². The van der Waals surface area contributed by atoms with Crippen LogP contribution in [0.25, 0.3) is 11.3 Å². The Morgan fingerprint density at radius 2 is 1.87 bits per heavy atom. The van der Waals surface area contributed by atoms with Gasteiger partial charge in [0.25, 0.3) is 5.91 Å². The van der Waals surface area contributed by atoms with Gasteiger partial charge in [-0.15, -0.1) is 0 Å². The van der Waals surface area contributed by atoms with Crippen LogP contribution in [0.4, 0.5) is 4.39 Å². The number of carbonyl (C=O) groups excluding carboxylic acids is 1. The summed E-state index contributed by atoms with van der Waals surface area (Å²) in [5.74, 6) is 0.0605. The van der Waals surface area contributed by atoms with Crippen LogP contribution >= 0.6 is 0 Å². The Balaban J connectivity index is 1.37. The molecule has 3 aromatic rings. The predicted molar refractivity (Wildman–Crippen MR) is 115 cm³/mol. The fourth-order valence-electron chi connectivity index (χ4n) is 4.50. The highest BCUT2D eigenvalue weighted by atomic mass is 19.1. The third kappa shape index (κ3) is 3.95. The maximum Gasteiger partial charge on any atom is 0.272 e. The molecule has 31 heavy (non-hydrogen) atoms. The van der Waals surface area contributed by atoms with Crippen LogP contribution in [0.2, 0.25) is 0 Å². The summed E-state index contributed by atoms with van der Waals surface area (Å²) in [4.78, 5) is 23.2. The van der Waals surface area contributed by atoms with Gasteiger partial charge in [-0.05, 0) is 54.5 Å². The molecule has 2 aromatic heterocycles. The van der Waals surface area contributed by atoms with E-state index in [0.29, 0.717) is 24.7 Å². The van der Waals surface area contributed by atoms with Gasteiger partial charge < -0.3 is 10.0 Å². The van der Waals surface area contributed by atoms with Crippen LogP contribution in [0.5, 0.6) is 0 Å². The van der Waals surface area contributed by atoms with Gasteiger partial charge >= 0.3 is 0 Å². The fraction of sp³-hybridized carbons (Fsp3) is 0.320. The molecule has 1 saturated heterocycles. The summed E-state index contributed by atoms with van der Waals surface area (Å²) in [6.07, 6.45) is 4.29. The number of nitrogens with zero attached hydrogens (tertiary/aromatic N) is 3. The smallest absolute Gasteiger partial charge is 0.272 e. The van der Waals surface area contributed by atoms with Gasteiger partial charge in [0.05, 0.1) is 24.2 Å². The van der Waals surface area contributed by atoms with Crippen molar-refractivity contribution in [2.75, 3.05) is 13.1 Å². The molecule has 1 aliphatic carbocycles. The van der Waals surface area contributed by atoms with E-state index in [0.717, 1.165) is 29.4 Å². The molecule has 1 saturated carbocycles. The van der Waals surface area contributed by atoms with Gasteiger partial charge in [-0.1, -0.05) is 30.3 Å². The summed E-state index contributed by atoms with van der Waals surface area (Å²) < 4.78 is 13.1. The van der Waals surface area contributed by atoms with Crippen molar-refractivity contribution in [3.8, 4) is 11.3 Å². The Morgan fingerprint density at radius 1 is 1.03 bits per heavy atom. The first-order chi connectivity index (χ1) is 15.1. The summed E-state index contributed by atoms with van der Waals surface area (Å²) in [5, 5.41) is 10.0. The molecule has 5 rings (SSSR count). The Kier molecular flexibility index (Phi) is 5.24. The summed E-state index contributed by atoms with van der Waals surface area (Å²) >= 11 is 0. The lowest BCUT2D eigenvalue weighted by molar-refractivity contribution is 0.0785. The summed E-state index contributed by atoms with van der Waals surface area (Å²) in [6, 6.07) is 15.1. The number of hydrogen-bond donors (Lipinski definition) is 1. The van der Waals surface area contributed by atoms with Crippen molar-refractivity contribution in [3.63, 3.8) is 0 Å². The topological polar surface area (TPSA) is 66.3 Å². The number of aliphatic hydroxyl groups excluding tert-OH is 1. The van der Waals surface area contributed by atoms with Crippen molar-refractivity contribution in [2.45, 2.75) is 37.7 Å². The molecule has 1 amide bonds. The minimum absolute atomic E-state index is 0.103. The summed E-state index contributed by atoms with van der Waals surface area (Å²) in [5.41, 5.74) is 5.25. The molecule has 1 unspecified atom stereocenters. The van der Waals surface area contributed by atoms with Gasteiger partial charge in [-0.3, -0.25) is 9.78 Å². The van der Waals surface area contributed by atoms with E-state index < -0.39 is 5.82 Å². The lowest BCUT2D eigenvalue weighted by Gasteiger charge is -2.18. The first-order valence-electron chi connectivity index (χ1n) is 10.7. The van der Waals surface area contributed by atoms with Gasteiger partial charge in [0.1, 0.15) is 11.5 Å². The minimum Gasteiger partial charge on any atom is -0.390 e. The van der Waals surface area contributed by atoms with Crippen LogP contribution in [0, 0.1) is 5.82 Å². The molecule has 6 heteroatoms. The van der Waals surface area contributed by atoms with Crippen molar-refractivity contribution in [2.24, 2.45) is 0 Å². The molecule has 158 valence electrons. The Morgan fingerprint density at radius 3 is 2.61 bits per heavy atom. The number of aliphatic hydroxyl groups is 1. The van der Waals surface area contributed by atoms with Crippen molar-refractivity contribution in [1.82, 2.24) is 14.9 Å². The molecule has 2 aliphatic rings. The molecule has 1 N–H and O–H groups in total. The highest BCUT2D eigenvalue weighted by molar-refractivity contribution is 5.92. The molecule has 5 nitrogen and oxygen atoms in total. The fourth-order valence-corrected chi connectivity index (χ4v) is 4.50. The van der Waals surface area contributed by atoms with E-state index in [1.807, 2.05) is 18.2 Å². The second kappa shape index (κ2) is 8.19. The van der Waals surface area contributed by atoms with E-state index in [2.05, 4.69) is 23.2 Å². The monoisotopic (exact) mass is 417 g/mol. The zero-order chi connectivity index (χ0) is 21.4. The average molecular weight is 417 g/mol. The van der Waals surface area contributed by atoms with Gasteiger partial charge in [0.2, 0.25) is 0 Å². The Hall–Kier alpha value is -3.12. The number of aromatic nitrogens is 2.